The Bertz CT molecular complexity index is 841. The van der Waals surface area contributed by atoms with Crippen LogP contribution < -0.4 is 4.90 Å². The van der Waals surface area contributed by atoms with Gasteiger partial charge in [-0.2, -0.15) is 0 Å². The van der Waals surface area contributed by atoms with E-state index in [1.54, 1.807) is 43.3 Å². The molecular weight excluding hydrogens is 374 g/mol. The van der Waals surface area contributed by atoms with Crippen molar-refractivity contribution >= 4 is 33.3 Å². The topological polar surface area (TPSA) is 70.8 Å². The van der Waals surface area contributed by atoms with E-state index in [4.69, 9.17) is 4.42 Å². The van der Waals surface area contributed by atoms with Crippen LogP contribution in [0.5, 0.6) is 0 Å². The number of aliphatic hydroxyl groups is 1. The van der Waals surface area contributed by atoms with Crippen molar-refractivity contribution in [2.24, 2.45) is 0 Å². The number of nitrogens with zero attached hydrogens (tertiary/aromatic N) is 1. The van der Waals surface area contributed by atoms with Gasteiger partial charge in [-0.3, -0.25) is 9.59 Å². The van der Waals surface area contributed by atoms with E-state index in [0.29, 0.717) is 21.5 Å². The van der Waals surface area contributed by atoms with Gasteiger partial charge in [-0.25, -0.2) is 0 Å². The summed E-state index contributed by atoms with van der Waals surface area (Å²) < 4.78 is 6.03. The van der Waals surface area contributed by atoms with Gasteiger partial charge in [0.1, 0.15) is 5.76 Å². The highest BCUT2D eigenvalue weighted by Crippen LogP contribution is 2.44. The lowest BCUT2D eigenvalue weighted by atomic mass is 9.89. The Morgan fingerprint density at radius 2 is 2.17 bits per heavy atom. The molecule has 5 nitrogen and oxygen atoms in total. The fourth-order valence-electron chi connectivity index (χ4n) is 2.91. The molecule has 0 saturated carbocycles. The van der Waals surface area contributed by atoms with Gasteiger partial charge in [0.25, 0.3) is 5.91 Å². The molecule has 0 spiro atoms. The van der Waals surface area contributed by atoms with Crippen molar-refractivity contribution in [1.29, 1.82) is 0 Å². The molecule has 3 rings (SSSR count). The zero-order chi connectivity index (χ0) is 17.5. The molecule has 1 amide bonds. The van der Waals surface area contributed by atoms with Gasteiger partial charge in [0.05, 0.1) is 12.1 Å². The van der Waals surface area contributed by atoms with E-state index >= 15 is 0 Å². The molecule has 0 saturated heterocycles. The van der Waals surface area contributed by atoms with Gasteiger partial charge < -0.3 is 14.4 Å². The summed E-state index contributed by atoms with van der Waals surface area (Å²) in [6.45, 7) is 5.62. The van der Waals surface area contributed by atoms with Crippen molar-refractivity contribution in [3.05, 3.63) is 64.5 Å². The van der Waals surface area contributed by atoms with Gasteiger partial charge in [0.2, 0.25) is 5.78 Å². The van der Waals surface area contributed by atoms with Gasteiger partial charge >= 0.3 is 0 Å². The summed E-state index contributed by atoms with van der Waals surface area (Å²) in [5, 5.41) is 11.1. The number of ketones is 1. The molecule has 1 atom stereocenters. The number of anilines is 1. The second kappa shape index (κ2) is 6.03. The minimum atomic E-state index is -1.92. The van der Waals surface area contributed by atoms with Crippen LogP contribution in [0.1, 0.15) is 28.3 Å². The molecule has 0 unspecified atom stereocenters. The Balaban J connectivity index is 2.02. The second-order valence-corrected chi connectivity index (χ2v) is 6.65. The number of furan rings is 1. The summed E-state index contributed by atoms with van der Waals surface area (Å²) in [6, 6.07) is 8.40. The van der Waals surface area contributed by atoms with Crippen molar-refractivity contribution < 1.29 is 19.1 Å². The van der Waals surface area contributed by atoms with Crippen LogP contribution in [0.2, 0.25) is 0 Å². The molecule has 1 aromatic carbocycles. The van der Waals surface area contributed by atoms with Gasteiger partial charge in [0, 0.05) is 16.6 Å². The Morgan fingerprint density at radius 3 is 2.79 bits per heavy atom. The van der Waals surface area contributed by atoms with Gasteiger partial charge in [-0.05, 0) is 37.3 Å². The molecule has 1 aliphatic rings. The molecule has 1 N–H and O–H groups in total. The molecule has 6 heteroatoms. The number of hydrogen-bond acceptors (Lipinski definition) is 4. The van der Waals surface area contributed by atoms with Gasteiger partial charge in [-0.15, -0.1) is 6.58 Å². The monoisotopic (exact) mass is 389 g/mol. The Kier molecular flexibility index (Phi) is 4.19. The van der Waals surface area contributed by atoms with E-state index in [1.165, 1.54) is 4.90 Å². The fourth-order valence-corrected chi connectivity index (χ4v) is 3.27. The number of amides is 1. The van der Waals surface area contributed by atoms with Gasteiger partial charge in [-0.1, -0.05) is 22.0 Å². The average Bonchev–Trinajstić information content (AvgIpc) is 3.05. The molecule has 24 heavy (non-hydrogen) atoms. The van der Waals surface area contributed by atoms with Crippen LogP contribution in [0.3, 0.4) is 0 Å². The highest BCUT2D eigenvalue weighted by molar-refractivity contribution is 9.10. The Hall–Kier alpha value is -2.18. The van der Waals surface area contributed by atoms with E-state index in [2.05, 4.69) is 22.5 Å². The largest absolute Gasteiger partial charge is 0.458 e. The van der Waals surface area contributed by atoms with Crippen LogP contribution in [0.25, 0.3) is 0 Å². The summed E-state index contributed by atoms with van der Waals surface area (Å²) >= 11 is 3.35. The number of rotatable bonds is 5. The maximum absolute atomic E-state index is 12.8. The number of aryl methyl sites for hydroxylation is 1. The van der Waals surface area contributed by atoms with Crippen molar-refractivity contribution in [2.45, 2.75) is 18.9 Å². The molecule has 2 heterocycles. The molecule has 0 bridgehead atoms. The van der Waals surface area contributed by atoms with Crippen LogP contribution in [-0.2, 0) is 10.4 Å². The van der Waals surface area contributed by atoms with Crippen molar-refractivity contribution in [3.63, 3.8) is 0 Å². The first-order chi connectivity index (χ1) is 11.4. The summed E-state index contributed by atoms with van der Waals surface area (Å²) in [5.41, 5.74) is -0.936. The van der Waals surface area contributed by atoms with Gasteiger partial charge in [0.15, 0.2) is 11.4 Å². The normalized spacial score (nSPS) is 19.5. The lowest BCUT2D eigenvalue weighted by Gasteiger charge is -2.21. The van der Waals surface area contributed by atoms with E-state index in [0.717, 1.165) is 0 Å². The van der Waals surface area contributed by atoms with Crippen LogP contribution in [0.15, 0.2) is 51.9 Å². The number of benzene rings is 1. The first kappa shape index (κ1) is 16.7. The first-order valence-electron chi connectivity index (χ1n) is 7.41. The minimum absolute atomic E-state index is 0.132. The quantitative estimate of drug-likeness (QED) is 0.628. The summed E-state index contributed by atoms with van der Waals surface area (Å²) in [4.78, 5) is 26.7. The smallest absolute Gasteiger partial charge is 0.264 e. The first-order valence-corrected chi connectivity index (χ1v) is 8.21. The lowest BCUT2D eigenvalue weighted by Crippen LogP contribution is -2.41. The Labute approximate surface area is 147 Å². The predicted octanol–water partition coefficient (Wildman–Crippen LogP) is 3.34. The maximum atomic E-state index is 12.8. The van der Waals surface area contributed by atoms with E-state index in [1.807, 2.05) is 0 Å². The average molecular weight is 390 g/mol. The zero-order valence-corrected chi connectivity index (χ0v) is 14.7. The van der Waals surface area contributed by atoms with Crippen LogP contribution in [-0.4, -0.2) is 23.3 Å². The standard InChI is InChI=1S/C18H16BrNO4/c1-3-8-20-14-6-5-12(19)9-13(14)18(23,17(20)22)10-15(21)16-7-4-11(2)24-16/h3-7,9,23H,1,8,10H2,2H3/t18-/m1/s1. The third-order valence-electron chi connectivity index (χ3n) is 4.04. The lowest BCUT2D eigenvalue weighted by molar-refractivity contribution is -0.135. The third kappa shape index (κ3) is 2.61. The minimum Gasteiger partial charge on any atom is -0.458 e. The fraction of sp³-hybridized carbons (Fsp3) is 0.222. The molecule has 1 aromatic heterocycles. The van der Waals surface area contributed by atoms with Crippen molar-refractivity contribution in [3.8, 4) is 0 Å². The Morgan fingerprint density at radius 1 is 1.42 bits per heavy atom. The molecule has 0 fully saturated rings. The number of Topliss-reactive ketones (excluding diaryl/α,β-unsaturated/α-hetero) is 1. The van der Waals surface area contributed by atoms with E-state index < -0.39 is 17.3 Å². The highest BCUT2D eigenvalue weighted by Gasteiger charge is 2.51. The number of carbonyl (C=O) groups excluding carboxylic acids is 2. The summed E-state index contributed by atoms with van der Waals surface area (Å²) in [5.74, 6) is -0.232. The van der Waals surface area contributed by atoms with Crippen molar-refractivity contribution in [2.75, 3.05) is 11.4 Å². The van der Waals surface area contributed by atoms with E-state index in [9.17, 15) is 14.7 Å². The van der Waals surface area contributed by atoms with Crippen LogP contribution in [0, 0.1) is 6.92 Å². The molecule has 2 aromatic rings. The zero-order valence-electron chi connectivity index (χ0n) is 13.1. The molecule has 0 aliphatic carbocycles. The van der Waals surface area contributed by atoms with E-state index in [-0.39, 0.29) is 18.7 Å². The molecular formula is C18H16BrNO4. The third-order valence-corrected chi connectivity index (χ3v) is 4.53. The summed E-state index contributed by atoms with van der Waals surface area (Å²) in [6.07, 6.45) is 1.20. The summed E-state index contributed by atoms with van der Waals surface area (Å²) in [7, 11) is 0. The second-order valence-electron chi connectivity index (χ2n) is 5.74. The van der Waals surface area contributed by atoms with Crippen LogP contribution >= 0.6 is 15.9 Å². The number of carbonyl (C=O) groups is 2. The molecule has 1 aliphatic heterocycles. The van der Waals surface area contributed by atoms with Crippen molar-refractivity contribution in [1.82, 2.24) is 0 Å². The predicted molar refractivity (Wildman–Crippen MR) is 93.0 cm³/mol. The molecule has 0 radical (unpaired) electrons. The number of hydrogen-bond donors (Lipinski definition) is 1. The molecule has 124 valence electrons. The SMILES string of the molecule is C=CCN1C(=O)[C@@](O)(CC(=O)c2ccc(C)o2)c2cc(Br)ccc21. The number of halogens is 1. The maximum Gasteiger partial charge on any atom is 0.264 e. The number of fused-ring (bicyclic) bond motifs is 1. The van der Waals surface area contributed by atoms with Crippen LogP contribution in [0.4, 0.5) is 5.69 Å². The highest BCUT2D eigenvalue weighted by atomic mass is 79.9.